The van der Waals surface area contributed by atoms with Gasteiger partial charge in [-0.05, 0) is 81.0 Å². The van der Waals surface area contributed by atoms with Crippen LogP contribution in [0, 0.1) is 34.5 Å². The lowest BCUT2D eigenvalue weighted by atomic mass is 9.40. The van der Waals surface area contributed by atoms with E-state index in [9.17, 15) is 20.4 Å². The summed E-state index contributed by atoms with van der Waals surface area (Å²) in [5.41, 5.74) is -2.09. The van der Waals surface area contributed by atoms with E-state index in [1.165, 1.54) is 0 Å². The van der Waals surface area contributed by atoms with Gasteiger partial charge in [-0.2, -0.15) is 0 Å². The SMILES string of the molecule is C[C@H]1C[C@@H]2[C@H](CC[C@@]3(C)[C@H]2CC[C@]3(C)O)[C@@]2(CO)CC[C@H](O)C[C@]12O. The molecule has 4 rings (SSSR count). The third-order valence-electron chi connectivity index (χ3n) is 9.76. The number of hydrogen-bond acceptors (Lipinski definition) is 4. The van der Waals surface area contributed by atoms with Gasteiger partial charge in [0.25, 0.3) is 0 Å². The van der Waals surface area contributed by atoms with Crippen LogP contribution in [-0.2, 0) is 0 Å². The summed E-state index contributed by atoms with van der Waals surface area (Å²) >= 11 is 0. The fourth-order valence-electron chi connectivity index (χ4n) is 7.99. The van der Waals surface area contributed by atoms with Crippen LogP contribution >= 0.6 is 0 Å². The zero-order chi connectivity index (χ0) is 18.3. The van der Waals surface area contributed by atoms with E-state index < -0.39 is 22.7 Å². The number of rotatable bonds is 1. The molecule has 0 bridgehead atoms. The molecule has 4 heteroatoms. The molecular formula is C21H36O4. The maximum Gasteiger partial charge on any atom is 0.0778 e. The monoisotopic (exact) mass is 352 g/mol. The Kier molecular flexibility index (Phi) is 3.96. The second-order valence-corrected chi connectivity index (χ2v) is 10.4. The summed E-state index contributed by atoms with van der Waals surface area (Å²) in [6, 6.07) is 0. The Morgan fingerprint density at radius 2 is 1.64 bits per heavy atom. The Bertz CT molecular complexity index is 548. The Balaban J connectivity index is 1.75. The molecule has 0 aliphatic heterocycles. The Hall–Kier alpha value is -0.160. The molecule has 4 aliphatic carbocycles. The largest absolute Gasteiger partial charge is 0.396 e. The second kappa shape index (κ2) is 5.43. The molecule has 4 N–H and O–H groups in total. The van der Waals surface area contributed by atoms with Crippen LogP contribution in [0.1, 0.15) is 72.1 Å². The minimum atomic E-state index is -0.963. The molecule has 0 unspecified atom stereocenters. The van der Waals surface area contributed by atoms with Crippen LogP contribution in [0.15, 0.2) is 0 Å². The minimum absolute atomic E-state index is 0.0154. The fourth-order valence-corrected chi connectivity index (χ4v) is 7.99. The summed E-state index contributed by atoms with van der Waals surface area (Å²) < 4.78 is 0. The van der Waals surface area contributed by atoms with Crippen LogP contribution in [0.4, 0.5) is 0 Å². The molecule has 0 aromatic heterocycles. The molecule has 4 nitrogen and oxygen atoms in total. The summed E-state index contributed by atoms with van der Waals surface area (Å²) in [7, 11) is 0. The van der Waals surface area contributed by atoms with Crippen molar-refractivity contribution >= 4 is 0 Å². The molecule has 9 atom stereocenters. The third kappa shape index (κ3) is 2.09. The van der Waals surface area contributed by atoms with Crippen molar-refractivity contribution in [1.29, 1.82) is 0 Å². The standard InChI is InChI=1S/C21H36O4/c1-13-10-15-16-6-8-19(3,24)18(16,2)7-5-17(15)20(12-22)9-4-14(23)11-21(13,20)25/h13-17,22-25H,4-12H2,1-3H3/t13-,14-,15-,16-,17-,18-,19-,20-,21-/m0/s1. The first kappa shape index (κ1) is 18.2. The van der Waals surface area contributed by atoms with E-state index in [4.69, 9.17) is 0 Å². The van der Waals surface area contributed by atoms with Crippen molar-refractivity contribution < 1.29 is 20.4 Å². The lowest BCUT2D eigenvalue weighted by Crippen LogP contribution is -2.69. The van der Waals surface area contributed by atoms with E-state index in [0.29, 0.717) is 37.0 Å². The Morgan fingerprint density at radius 3 is 2.32 bits per heavy atom. The van der Waals surface area contributed by atoms with Gasteiger partial charge in [0.2, 0.25) is 0 Å². The summed E-state index contributed by atoms with van der Waals surface area (Å²) in [6.07, 6.45) is 6.15. The van der Waals surface area contributed by atoms with E-state index in [0.717, 1.165) is 32.1 Å². The van der Waals surface area contributed by atoms with Gasteiger partial charge in [0.1, 0.15) is 0 Å². The highest BCUT2D eigenvalue weighted by molar-refractivity contribution is 5.18. The Morgan fingerprint density at radius 1 is 0.960 bits per heavy atom. The van der Waals surface area contributed by atoms with Crippen LogP contribution < -0.4 is 0 Å². The molecule has 0 radical (unpaired) electrons. The maximum atomic E-state index is 11.7. The van der Waals surface area contributed by atoms with Gasteiger partial charge in [0.15, 0.2) is 0 Å². The molecule has 144 valence electrons. The first-order valence-corrected chi connectivity index (χ1v) is 10.3. The van der Waals surface area contributed by atoms with Gasteiger partial charge >= 0.3 is 0 Å². The molecule has 4 fully saturated rings. The number of fused-ring (bicyclic) bond motifs is 5. The molecular weight excluding hydrogens is 316 g/mol. The summed E-state index contributed by atoms with van der Waals surface area (Å²) in [6.45, 7) is 6.40. The smallest absolute Gasteiger partial charge is 0.0778 e. The molecule has 4 aliphatic rings. The van der Waals surface area contributed by atoms with Crippen LogP contribution in [0.3, 0.4) is 0 Å². The highest BCUT2D eigenvalue weighted by Crippen LogP contribution is 2.69. The second-order valence-electron chi connectivity index (χ2n) is 10.4. The average Bonchev–Trinajstić information content (AvgIpc) is 2.79. The predicted molar refractivity (Wildman–Crippen MR) is 95.8 cm³/mol. The highest BCUT2D eigenvalue weighted by Gasteiger charge is 2.69. The van der Waals surface area contributed by atoms with Crippen molar-refractivity contribution in [3.05, 3.63) is 0 Å². The average molecular weight is 353 g/mol. The van der Waals surface area contributed by atoms with Crippen LogP contribution in [-0.4, -0.2) is 44.3 Å². The molecule has 0 heterocycles. The molecule has 0 amide bonds. The van der Waals surface area contributed by atoms with Crippen molar-refractivity contribution in [2.45, 2.75) is 89.4 Å². The molecule has 4 saturated carbocycles. The third-order valence-corrected chi connectivity index (χ3v) is 9.76. The minimum Gasteiger partial charge on any atom is -0.396 e. The topological polar surface area (TPSA) is 80.9 Å². The molecule has 0 saturated heterocycles. The van der Waals surface area contributed by atoms with Gasteiger partial charge in [-0.15, -0.1) is 0 Å². The fraction of sp³-hybridized carbons (Fsp3) is 1.00. The van der Waals surface area contributed by atoms with Crippen LogP contribution in [0.2, 0.25) is 0 Å². The van der Waals surface area contributed by atoms with Crippen molar-refractivity contribution in [2.24, 2.45) is 34.5 Å². The van der Waals surface area contributed by atoms with Gasteiger partial charge in [-0.1, -0.05) is 13.8 Å². The molecule has 0 spiro atoms. The summed E-state index contributed by atoms with van der Waals surface area (Å²) in [5, 5.41) is 43.4. The quantitative estimate of drug-likeness (QED) is 0.584. The molecule has 25 heavy (non-hydrogen) atoms. The molecule has 0 aromatic rings. The van der Waals surface area contributed by atoms with Gasteiger partial charge in [0, 0.05) is 11.8 Å². The number of hydrogen-bond donors (Lipinski definition) is 4. The lowest BCUT2D eigenvalue weighted by molar-refractivity contribution is -0.265. The van der Waals surface area contributed by atoms with E-state index in [-0.39, 0.29) is 17.9 Å². The normalized spacial score (nSPS) is 61.3. The zero-order valence-corrected chi connectivity index (χ0v) is 16.0. The van der Waals surface area contributed by atoms with Crippen molar-refractivity contribution in [3.63, 3.8) is 0 Å². The van der Waals surface area contributed by atoms with Crippen molar-refractivity contribution in [3.8, 4) is 0 Å². The van der Waals surface area contributed by atoms with Gasteiger partial charge < -0.3 is 20.4 Å². The summed E-state index contributed by atoms with van der Waals surface area (Å²) in [4.78, 5) is 0. The van der Waals surface area contributed by atoms with Crippen molar-refractivity contribution in [2.75, 3.05) is 6.61 Å². The molecule has 0 aromatic carbocycles. The van der Waals surface area contributed by atoms with E-state index in [2.05, 4.69) is 13.8 Å². The van der Waals surface area contributed by atoms with Gasteiger partial charge in [0.05, 0.1) is 23.9 Å². The van der Waals surface area contributed by atoms with E-state index >= 15 is 0 Å². The number of aliphatic hydroxyl groups excluding tert-OH is 2. The number of aliphatic hydroxyl groups is 4. The summed E-state index contributed by atoms with van der Waals surface area (Å²) in [5.74, 6) is 1.32. The highest BCUT2D eigenvalue weighted by atomic mass is 16.3. The Labute approximate surface area is 151 Å². The predicted octanol–water partition coefficient (Wildman–Crippen LogP) is 2.47. The lowest BCUT2D eigenvalue weighted by Gasteiger charge is -2.66. The maximum absolute atomic E-state index is 11.7. The van der Waals surface area contributed by atoms with E-state index in [1.807, 2.05) is 6.92 Å². The first-order chi connectivity index (χ1) is 11.6. The van der Waals surface area contributed by atoms with E-state index in [1.54, 1.807) is 0 Å². The van der Waals surface area contributed by atoms with Crippen LogP contribution in [0.25, 0.3) is 0 Å². The van der Waals surface area contributed by atoms with Crippen LogP contribution in [0.5, 0.6) is 0 Å². The van der Waals surface area contributed by atoms with Crippen molar-refractivity contribution in [1.82, 2.24) is 0 Å². The van der Waals surface area contributed by atoms with Gasteiger partial charge in [-0.25, -0.2) is 0 Å². The van der Waals surface area contributed by atoms with Gasteiger partial charge in [-0.3, -0.25) is 0 Å². The zero-order valence-electron chi connectivity index (χ0n) is 16.0. The first-order valence-electron chi connectivity index (χ1n) is 10.3.